The van der Waals surface area contributed by atoms with Crippen molar-refractivity contribution in [3.05, 3.63) is 0 Å². The Morgan fingerprint density at radius 1 is 0.519 bits per heavy atom. The number of hydrogen-bond acceptors (Lipinski definition) is 0. The molecule has 0 aromatic heterocycles. The maximum Gasteiger partial charge on any atom is 0.0858 e. The van der Waals surface area contributed by atoms with Gasteiger partial charge in [0.05, 0.1) is 21.4 Å². The minimum Gasteiger partial charge on any atom is -0.0740 e. The van der Waals surface area contributed by atoms with Gasteiger partial charge < -0.3 is 0 Å². The lowest BCUT2D eigenvalue weighted by Crippen LogP contribution is -2.28. The molecule has 3 heteroatoms. The fourth-order valence-electron chi connectivity index (χ4n) is 5.89. The minimum atomic E-state index is 0.662. The van der Waals surface area contributed by atoms with Crippen LogP contribution >= 0.6 is 0 Å². The molecule has 0 amide bonds. The van der Waals surface area contributed by atoms with Crippen molar-refractivity contribution in [3.8, 4) is 0 Å². The molecule has 0 N–H and O–H groups in total. The maximum atomic E-state index is 2.64. The van der Waals surface area contributed by atoms with E-state index in [0.717, 1.165) is 5.82 Å². The van der Waals surface area contributed by atoms with Crippen LogP contribution in [-0.4, -0.2) is 21.4 Å². The lowest BCUT2D eigenvalue weighted by molar-refractivity contribution is 0.466. The zero-order chi connectivity index (χ0) is 19.0. The molecule has 0 heterocycles. The van der Waals surface area contributed by atoms with Crippen molar-refractivity contribution in [2.24, 2.45) is 0 Å². The lowest BCUT2D eigenvalue weighted by atomic mass is 9.11. The SMILES string of the molecule is CC1(BBBC2CCCCCCCCCCC2)CCCCCCCCCC1. The van der Waals surface area contributed by atoms with Crippen molar-refractivity contribution in [3.63, 3.8) is 0 Å². The predicted octanol–water partition coefficient (Wildman–Crippen LogP) is 7.31. The molecule has 2 saturated carbocycles. The topological polar surface area (TPSA) is 0 Å². The second-order valence-electron chi connectivity index (χ2n) is 10.7. The van der Waals surface area contributed by atoms with Crippen molar-refractivity contribution >= 4 is 21.4 Å². The maximum absolute atomic E-state index is 2.64. The molecular weight excluding hydrogens is 321 g/mol. The molecule has 0 unspecified atom stereocenters. The van der Waals surface area contributed by atoms with E-state index in [9.17, 15) is 0 Å². The van der Waals surface area contributed by atoms with E-state index in [0.29, 0.717) is 5.31 Å². The van der Waals surface area contributed by atoms with E-state index >= 15 is 0 Å². The first-order valence-corrected chi connectivity index (χ1v) is 13.3. The Bertz CT molecular complexity index is 321. The summed E-state index contributed by atoms with van der Waals surface area (Å²) in [5.41, 5.74) is 0. The standard InChI is InChI=1S/C24H49B3/c1-24(21-17-13-9-5-6-10-14-18-22-24)26-27-25-23-19-15-11-7-3-2-4-8-12-16-20-23/h23,25-27H,2-22H2,1H3. The summed E-state index contributed by atoms with van der Waals surface area (Å²) in [5.74, 6) is 1.05. The van der Waals surface area contributed by atoms with Gasteiger partial charge in [-0.3, -0.25) is 0 Å². The van der Waals surface area contributed by atoms with Crippen molar-refractivity contribution in [2.45, 2.75) is 153 Å². The summed E-state index contributed by atoms with van der Waals surface area (Å²) in [6.07, 6.45) is 31.7. The first-order chi connectivity index (χ1) is 13.3. The molecule has 0 aliphatic heterocycles. The third-order valence-electron chi connectivity index (χ3n) is 7.93. The Hall–Kier alpha value is 0.195. The molecule has 2 aliphatic carbocycles. The molecule has 0 atom stereocenters. The summed E-state index contributed by atoms with van der Waals surface area (Å²) in [6.45, 7) is 2.64. The van der Waals surface area contributed by atoms with Gasteiger partial charge in [0.1, 0.15) is 0 Å². The Morgan fingerprint density at radius 3 is 1.33 bits per heavy atom. The largest absolute Gasteiger partial charge is 0.0858 e. The summed E-state index contributed by atoms with van der Waals surface area (Å²) in [6, 6.07) is 0. The minimum absolute atomic E-state index is 0.662. The lowest BCUT2D eigenvalue weighted by Gasteiger charge is -2.30. The summed E-state index contributed by atoms with van der Waals surface area (Å²) in [7, 11) is 4.57. The molecule has 0 radical (unpaired) electrons. The van der Waals surface area contributed by atoms with E-state index in [1.807, 2.05) is 0 Å². The van der Waals surface area contributed by atoms with E-state index in [1.165, 1.54) is 156 Å². The fraction of sp³-hybridized carbons (Fsp3) is 1.00. The van der Waals surface area contributed by atoms with Gasteiger partial charge in [0.25, 0.3) is 0 Å². The highest BCUT2D eigenvalue weighted by molar-refractivity contribution is 7.30. The number of rotatable bonds is 4. The zero-order valence-corrected chi connectivity index (χ0v) is 19.0. The Kier molecular flexibility index (Phi) is 13.1. The Morgan fingerprint density at radius 2 is 0.889 bits per heavy atom. The van der Waals surface area contributed by atoms with Gasteiger partial charge in [-0.05, 0) is 0 Å². The van der Waals surface area contributed by atoms with Crippen molar-refractivity contribution in [1.82, 2.24) is 0 Å². The van der Waals surface area contributed by atoms with Gasteiger partial charge in [-0.15, -0.1) is 0 Å². The van der Waals surface area contributed by atoms with Crippen LogP contribution in [0.3, 0.4) is 0 Å². The van der Waals surface area contributed by atoms with Crippen LogP contribution in [0.2, 0.25) is 11.1 Å². The van der Waals surface area contributed by atoms with Crippen LogP contribution in [0.15, 0.2) is 0 Å². The third-order valence-corrected chi connectivity index (χ3v) is 7.93. The van der Waals surface area contributed by atoms with Crippen LogP contribution < -0.4 is 0 Å². The Labute approximate surface area is 174 Å². The predicted molar refractivity (Wildman–Crippen MR) is 131 cm³/mol. The van der Waals surface area contributed by atoms with Crippen LogP contribution in [0.4, 0.5) is 0 Å². The molecule has 0 aromatic rings. The average Bonchev–Trinajstić information content (AvgIpc) is 2.69. The van der Waals surface area contributed by atoms with Crippen molar-refractivity contribution in [2.75, 3.05) is 0 Å². The second-order valence-corrected chi connectivity index (χ2v) is 10.7. The molecular formula is C24H49B3. The smallest absolute Gasteiger partial charge is 0.0740 e. The highest BCUT2D eigenvalue weighted by Crippen LogP contribution is 2.38. The molecule has 2 aliphatic rings. The van der Waals surface area contributed by atoms with Gasteiger partial charge in [0, 0.05) is 0 Å². The van der Waals surface area contributed by atoms with Crippen LogP contribution in [0.1, 0.15) is 142 Å². The molecule has 0 nitrogen and oxygen atoms in total. The van der Waals surface area contributed by atoms with E-state index in [1.54, 1.807) is 0 Å². The third kappa shape index (κ3) is 11.7. The summed E-state index contributed by atoms with van der Waals surface area (Å²) in [5, 5.41) is 0.662. The average molecular weight is 370 g/mol. The highest BCUT2D eigenvalue weighted by Gasteiger charge is 2.25. The molecule has 2 rings (SSSR count). The van der Waals surface area contributed by atoms with Crippen LogP contribution in [0.5, 0.6) is 0 Å². The zero-order valence-electron chi connectivity index (χ0n) is 19.0. The van der Waals surface area contributed by atoms with E-state index in [-0.39, 0.29) is 0 Å². The number of hydrogen-bond donors (Lipinski definition) is 0. The van der Waals surface area contributed by atoms with Gasteiger partial charge >= 0.3 is 0 Å². The highest BCUT2D eigenvalue weighted by atomic mass is 14.2. The van der Waals surface area contributed by atoms with E-state index in [4.69, 9.17) is 0 Å². The second kappa shape index (κ2) is 15.1. The summed E-state index contributed by atoms with van der Waals surface area (Å²) in [4.78, 5) is 0. The van der Waals surface area contributed by atoms with Crippen molar-refractivity contribution in [1.29, 1.82) is 0 Å². The Balaban J connectivity index is 1.72. The van der Waals surface area contributed by atoms with E-state index < -0.39 is 0 Å². The normalized spacial score (nSPS) is 25.2. The summed E-state index contributed by atoms with van der Waals surface area (Å²) >= 11 is 0. The van der Waals surface area contributed by atoms with Crippen LogP contribution in [-0.2, 0) is 0 Å². The molecule has 0 bridgehead atoms. The van der Waals surface area contributed by atoms with Crippen LogP contribution in [0, 0.1) is 0 Å². The summed E-state index contributed by atoms with van der Waals surface area (Å²) < 4.78 is 0. The quantitative estimate of drug-likeness (QED) is 0.455. The van der Waals surface area contributed by atoms with Crippen molar-refractivity contribution < 1.29 is 0 Å². The van der Waals surface area contributed by atoms with Gasteiger partial charge in [0.2, 0.25) is 0 Å². The first-order valence-electron chi connectivity index (χ1n) is 13.3. The molecule has 27 heavy (non-hydrogen) atoms. The molecule has 0 saturated heterocycles. The monoisotopic (exact) mass is 370 g/mol. The van der Waals surface area contributed by atoms with Gasteiger partial charge in [-0.25, -0.2) is 0 Å². The first kappa shape index (κ1) is 23.5. The van der Waals surface area contributed by atoms with Gasteiger partial charge in [0.15, 0.2) is 0 Å². The molecule has 2 fully saturated rings. The van der Waals surface area contributed by atoms with Crippen LogP contribution in [0.25, 0.3) is 0 Å². The van der Waals surface area contributed by atoms with Gasteiger partial charge in [-0.1, -0.05) is 153 Å². The van der Waals surface area contributed by atoms with E-state index in [2.05, 4.69) is 6.92 Å². The molecule has 154 valence electrons. The van der Waals surface area contributed by atoms with Gasteiger partial charge in [-0.2, -0.15) is 0 Å². The molecule has 0 spiro atoms. The fourth-order valence-corrected chi connectivity index (χ4v) is 5.89. The molecule has 0 aromatic carbocycles.